The van der Waals surface area contributed by atoms with Gasteiger partial charge in [-0.2, -0.15) is 5.26 Å². The first-order chi connectivity index (χ1) is 17.1. The summed E-state index contributed by atoms with van der Waals surface area (Å²) in [5, 5.41) is 22.6. The molecule has 0 radical (unpaired) electrons. The zero-order valence-electron chi connectivity index (χ0n) is 20.0. The van der Waals surface area contributed by atoms with E-state index in [0.717, 1.165) is 48.4 Å². The molecule has 2 N–H and O–H groups in total. The summed E-state index contributed by atoms with van der Waals surface area (Å²) in [6.45, 7) is 5.82. The van der Waals surface area contributed by atoms with Gasteiger partial charge in [0.05, 0.1) is 23.0 Å². The smallest absolute Gasteiger partial charge is 0.223 e. The molecule has 1 aliphatic heterocycles. The molecule has 8 nitrogen and oxygen atoms in total. The number of hydrogen-bond donors (Lipinski definition) is 2. The number of aromatic nitrogens is 2. The van der Waals surface area contributed by atoms with E-state index >= 15 is 0 Å². The molecule has 0 unspecified atom stereocenters. The van der Waals surface area contributed by atoms with Gasteiger partial charge < -0.3 is 20.2 Å². The summed E-state index contributed by atoms with van der Waals surface area (Å²) in [6, 6.07) is 8.22. The minimum absolute atomic E-state index is 0.0347. The van der Waals surface area contributed by atoms with Crippen molar-refractivity contribution in [2.75, 3.05) is 36.5 Å². The largest absolute Gasteiger partial charge is 0.396 e. The third kappa shape index (κ3) is 5.15. The van der Waals surface area contributed by atoms with Gasteiger partial charge >= 0.3 is 0 Å². The van der Waals surface area contributed by atoms with Gasteiger partial charge in [-0.15, -0.1) is 0 Å². The Hall–Kier alpha value is -3.44. The Kier molecular flexibility index (Phi) is 6.69. The Bertz CT molecular complexity index is 1150. The second-order valence-corrected chi connectivity index (χ2v) is 9.75. The van der Waals surface area contributed by atoms with Crippen LogP contribution in [0, 0.1) is 17.2 Å². The SMILES string of the molecule is C=Cc1ccnc(Nc2cc(C#N)c(N3CCN(C(=O)CCCO)[C@H](C4CC4)C3)nc2C2CC2)c1. The lowest BCUT2D eigenvalue weighted by Gasteiger charge is -2.42. The van der Waals surface area contributed by atoms with Gasteiger partial charge in [0, 0.05) is 44.8 Å². The highest BCUT2D eigenvalue weighted by molar-refractivity contribution is 5.77. The second-order valence-electron chi connectivity index (χ2n) is 9.75. The van der Waals surface area contributed by atoms with Gasteiger partial charge in [0.25, 0.3) is 0 Å². The summed E-state index contributed by atoms with van der Waals surface area (Å²) >= 11 is 0. The number of piperazine rings is 1. The van der Waals surface area contributed by atoms with E-state index < -0.39 is 0 Å². The van der Waals surface area contributed by atoms with Crippen LogP contribution in [0.4, 0.5) is 17.3 Å². The van der Waals surface area contributed by atoms with Crippen molar-refractivity contribution >= 4 is 29.3 Å². The van der Waals surface area contributed by atoms with Crippen molar-refractivity contribution in [1.29, 1.82) is 5.26 Å². The predicted octanol–water partition coefficient (Wildman–Crippen LogP) is 3.81. The van der Waals surface area contributed by atoms with E-state index in [-0.39, 0.29) is 18.6 Å². The van der Waals surface area contributed by atoms with Gasteiger partial charge in [0.1, 0.15) is 17.7 Å². The maximum Gasteiger partial charge on any atom is 0.223 e. The van der Waals surface area contributed by atoms with Crippen LogP contribution >= 0.6 is 0 Å². The molecular formula is C27H32N6O2. The van der Waals surface area contributed by atoms with Crippen LogP contribution in [0.25, 0.3) is 6.08 Å². The van der Waals surface area contributed by atoms with Crippen LogP contribution in [-0.4, -0.2) is 58.2 Å². The molecule has 182 valence electrons. The standard InChI is InChI=1S/C27H32N6O2/c1-2-18-9-10-29-24(14-18)30-22-15-21(16-28)27(31-26(22)20-7-8-20)32-11-12-33(25(35)4-3-13-34)23(17-32)19-5-6-19/h2,9-10,14-15,19-20,23,34H,1,3-8,11-13,17H2,(H,29,30)/t23-/m0/s1. The number of anilines is 3. The molecule has 2 aromatic heterocycles. The van der Waals surface area contributed by atoms with Crippen LogP contribution in [0.5, 0.6) is 0 Å². The number of pyridine rings is 2. The molecule has 0 bridgehead atoms. The molecule has 3 heterocycles. The topological polar surface area (TPSA) is 105 Å². The highest BCUT2D eigenvalue weighted by atomic mass is 16.3. The molecule has 8 heteroatoms. The number of hydrogen-bond acceptors (Lipinski definition) is 7. The lowest BCUT2D eigenvalue weighted by molar-refractivity contribution is -0.134. The fourth-order valence-corrected chi connectivity index (χ4v) is 4.96. The minimum atomic E-state index is 0.0347. The fourth-order valence-electron chi connectivity index (χ4n) is 4.96. The van der Waals surface area contributed by atoms with Gasteiger partial charge in [0.2, 0.25) is 5.91 Å². The highest BCUT2D eigenvalue weighted by Crippen LogP contribution is 2.45. The molecule has 1 saturated heterocycles. The monoisotopic (exact) mass is 472 g/mol. The molecule has 2 saturated carbocycles. The summed E-state index contributed by atoms with van der Waals surface area (Å²) in [5.41, 5.74) is 3.32. The van der Waals surface area contributed by atoms with Gasteiger partial charge in [-0.05, 0) is 61.8 Å². The third-order valence-corrected chi connectivity index (χ3v) is 7.15. The molecule has 5 rings (SSSR count). The number of aliphatic hydroxyl groups is 1. The Balaban J connectivity index is 1.42. The summed E-state index contributed by atoms with van der Waals surface area (Å²) in [6.07, 6.45) is 8.84. The summed E-state index contributed by atoms with van der Waals surface area (Å²) < 4.78 is 0. The van der Waals surface area contributed by atoms with Crippen molar-refractivity contribution in [2.45, 2.75) is 50.5 Å². The van der Waals surface area contributed by atoms with Crippen LogP contribution in [0.3, 0.4) is 0 Å². The number of nitrogens with zero attached hydrogens (tertiary/aromatic N) is 5. The van der Waals surface area contributed by atoms with E-state index in [1.54, 1.807) is 12.3 Å². The molecule has 1 atom stereocenters. The minimum Gasteiger partial charge on any atom is -0.396 e. The lowest BCUT2D eigenvalue weighted by Crippen LogP contribution is -2.56. The normalized spacial score (nSPS) is 19.8. The number of carbonyl (C=O) groups is 1. The number of nitriles is 1. The molecule has 35 heavy (non-hydrogen) atoms. The summed E-state index contributed by atoms with van der Waals surface area (Å²) in [4.78, 5) is 26.5. The van der Waals surface area contributed by atoms with E-state index in [1.165, 1.54) is 0 Å². The van der Waals surface area contributed by atoms with Gasteiger partial charge in [-0.3, -0.25) is 4.79 Å². The molecule has 3 aliphatic rings. The molecular weight excluding hydrogens is 440 g/mol. The first kappa shape index (κ1) is 23.3. The molecule has 3 fully saturated rings. The molecule has 0 aromatic carbocycles. The van der Waals surface area contributed by atoms with E-state index in [4.69, 9.17) is 10.1 Å². The van der Waals surface area contributed by atoms with Crippen LogP contribution in [0.1, 0.15) is 61.3 Å². The van der Waals surface area contributed by atoms with E-state index in [1.807, 2.05) is 23.1 Å². The van der Waals surface area contributed by atoms with Gasteiger partial charge in [-0.1, -0.05) is 12.7 Å². The zero-order chi connectivity index (χ0) is 24.4. The number of aliphatic hydroxyl groups excluding tert-OH is 1. The number of carbonyl (C=O) groups excluding carboxylic acids is 1. The highest BCUT2D eigenvalue weighted by Gasteiger charge is 2.41. The Morgan fingerprint density at radius 3 is 2.80 bits per heavy atom. The van der Waals surface area contributed by atoms with Crippen LogP contribution in [-0.2, 0) is 4.79 Å². The predicted molar refractivity (Wildman–Crippen MR) is 135 cm³/mol. The Morgan fingerprint density at radius 2 is 2.11 bits per heavy atom. The molecule has 1 amide bonds. The van der Waals surface area contributed by atoms with Gasteiger partial charge in [0.15, 0.2) is 0 Å². The average molecular weight is 473 g/mol. The van der Waals surface area contributed by atoms with Crippen molar-refractivity contribution in [3.05, 3.63) is 47.8 Å². The van der Waals surface area contributed by atoms with Crippen LogP contribution < -0.4 is 10.2 Å². The number of nitrogens with one attached hydrogen (secondary N) is 1. The zero-order valence-corrected chi connectivity index (χ0v) is 20.0. The Morgan fingerprint density at radius 1 is 1.29 bits per heavy atom. The molecule has 2 aromatic rings. The van der Waals surface area contributed by atoms with E-state index in [9.17, 15) is 10.1 Å². The van der Waals surface area contributed by atoms with E-state index in [0.29, 0.717) is 55.7 Å². The maximum absolute atomic E-state index is 12.8. The number of amides is 1. The van der Waals surface area contributed by atoms with Crippen LogP contribution in [0.2, 0.25) is 0 Å². The second kappa shape index (κ2) is 10.0. The maximum atomic E-state index is 12.8. The van der Waals surface area contributed by atoms with Crippen molar-refractivity contribution < 1.29 is 9.90 Å². The van der Waals surface area contributed by atoms with Gasteiger partial charge in [-0.25, -0.2) is 9.97 Å². The van der Waals surface area contributed by atoms with Crippen molar-refractivity contribution in [1.82, 2.24) is 14.9 Å². The van der Waals surface area contributed by atoms with Crippen LogP contribution in [0.15, 0.2) is 31.0 Å². The summed E-state index contributed by atoms with van der Waals surface area (Å²) in [5.74, 6) is 2.43. The first-order valence-corrected chi connectivity index (χ1v) is 12.6. The first-order valence-electron chi connectivity index (χ1n) is 12.6. The van der Waals surface area contributed by atoms with Crippen molar-refractivity contribution in [3.8, 4) is 6.07 Å². The molecule has 2 aliphatic carbocycles. The van der Waals surface area contributed by atoms with E-state index in [2.05, 4.69) is 27.8 Å². The molecule has 0 spiro atoms. The van der Waals surface area contributed by atoms with Crippen molar-refractivity contribution in [3.63, 3.8) is 0 Å². The third-order valence-electron chi connectivity index (χ3n) is 7.15. The number of rotatable bonds is 9. The van der Waals surface area contributed by atoms with Crippen molar-refractivity contribution in [2.24, 2.45) is 5.92 Å². The lowest BCUT2D eigenvalue weighted by atomic mass is 10.0. The fraction of sp³-hybridized carbons (Fsp3) is 0.481. The average Bonchev–Trinajstić information content (AvgIpc) is 3.80. The Labute approximate surface area is 206 Å². The quantitative estimate of drug-likeness (QED) is 0.572. The summed E-state index contributed by atoms with van der Waals surface area (Å²) in [7, 11) is 0.